The number of benzene rings is 3. The first kappa shape index (κ1) is 17.1. The van der Waals surface area contributed by atoms with Crippen LogP contribution in [0.1, 0.15) is 16.8 Å². The average Bonchev–Trinajstić information content (AvgIpc) is 2.71. The van der Waals surface area contributed by atoms with Crippen molar-refractivity contribution in [3.8, 4) is 11.5 Å². The fourth-order valence-corrected chi connectivity index (χ4v) is 3.25. The Morgan fingerprint density at radius 1 is 0.778 bits per heavy atom. The molecule has 4 aromatic rings. The van der Waals surface area contributed by atoms with Crippen molar-refractivity contribution in [3.63, 3.8) is 0 Å². The summed E-state index contributed by atoms with van der Waals surface area (Å²) in [6.07, 6.45) is 1.66. The van der Waals surface area contributed by atoms with Gasteiger partial charge in [0.25, 0.3) is 0 Å². The molecule has 0 amide bonds. The summed E-state index contributed by atoms with van der Waals surface area (Å²) in [4.78, 5) is 16.0. The lowest BCUT2D eigenvalue weighted by molar-refractivity contribution is 0.482. The molecule has 3 aromatic carbocycles. The van der Waals surface area contributed by atoms with Crippen molar-refractivity contribution in [1.29, 1.82) is 0 Å². The van der Waals surface area contributed by atoms with E-state index in [0.29, 0.717) is 0 Å². The Bertz CT molecular complexity index is 1110. The number of aromatic nitrogens is 1. The molecular weight excluding hydrogens is 334 g/mol. The molecule has 4 rings (SSSR count). The van der Waals surface area contributed by atoms with Crippen LogP contribution in [0.3, 0.4) is 0 Å². The standard InChI is InChI=1S/C24H21NO2/c1-17-22(25-23-10-6-5-9-21(23)24(17)26)16-13-18-11-14-20(15-12-18)27-19-7-3-2-4-8-19/h2-12,14-15H,13,16H2,1H3,(H,25,26). The minimum atomic E-state index is 0.117. The number of nitrogens with one attached hydrogen (secondary N) is 1. The van der Waals surface area contributed by atoms with Gasteiger partial charge in [-0.3, -0.25) is 4.79 Å². The largest absolute Gasteiger partial charge is 0.457 e. The van der Waals surface area contributed by atoms with Crippen molar-refractivity contribution < 1.29 is 4.74 Å². The summed E-state index contributed by atoms with van der Waals surface area (Å²) in [6.45, 7) is 1.90. The van der Waals surface area contributed by atoms with Gasteiger partial charge in [-0.25, -0.2) is 0 Å². The zero-order valence-corrected chi connectivity index (χ0v) is 15.2. The van der Waals surface area contributed by atoms with Crippen LogP contribution >= 0.6 is 0 Å². The SMILES string of the molecule is Cc1c(CCc2ccc(Oc3ccccc3)cc2)[nH]c2ccccc2c1=O. The third kappa shape index (κ3) is 3.77. The Hall–Kier alpha value is -3.33. The van der Waals surface area contributed by atoms with Crippen molar-refractivity contribution in [2.24, 2.45) is 0 Å². The Kier molecular flexibility index (Phi) is 4.75. The van der Waals surface area contributed by atoms with Gasteiger partial charge in [0.2, 0.25) is 0 Å². The molecule has 134 valence electrons. The molecule has 0 aliphatic rings. The number of aromatic amines is 1. The Morgan fingerprint density at radius 3 is 2.22 bits per heavy atom. The minimum absolute atomic E-state index is 0.117. The maximum atomic E-state index is 12.5. The molecule has 0 fully saturated rings. The van der Waals surface area contributed by atoms with Gasteiger partial charge in [0, 0.05) is 22.2 Å². The average molecular weight is 355 g/mol. The van der Waals surface area contributed by atoms with E-state index in [1.165, 1.54) is 5.56 Å². The van der Waals surface area contributed by atoms with Gasteiger partial charge in [0.05, 0.1) is 0 Å². The van der Waals surface area contributed by atoms with Gasteiger partial charge >= 0.3 is 0 Å². The molecule has 0 bridgehead atoms. The maximum Gasteiger partial charge on any atom is 0.192 e. The Morgan fingerprint density at radius 2 is 1.44 bits per heavy atom. The van der Waals surface area contributed by atoms with E-state index in [1.807, 2.05) is 73.7 Å². The second kappa shape index (κ2) is 7.50. The number of aryl methyl sites for hydroxylation is 2. The number of pyridine rings is 1. The second-order valence-electron chi connectivity index (χ2n) is 6.66. The number of para-hydroxylation sites is 2. The van der Waals surface area contributed by atoms with Gasteiger partial charge in [0.1, 0.15) is 11.5 Å². The van der Waals surface area contributed by atoms with Crippen LogP contribution in [0.4, 0.5) is 0 Å². The molecule has 0 saturated heterocycles. The quantitative estimate of drug-likeness (QED) is 0.520. The first-order valence-corrected chi connectivity index (χ1v) is 9.13. The normalized spacial score (nSPS) is 10.9. The lowest BCUT2D eigenvalue weighted by Gasteiger charge is -2.09. The van der Waals surface area contributed by atoms with Crippen LogP contribution in [0, 0.1) is 6.92 Å². The summed E-state index contributed by atoms with van der Waals surface area (Å²) in [6, 6.07) is 25.5. The van der Waals surface area contributed by atoms with Crippen molar-refractivity contribution in [2.75, 3.05) is 0 Å². The number of hydrogen-bond acceptors (Lipinski definition) is 2. The van der Waals surface area contributed by atoms with Crippen LogP contribution in [0.2, 0.25) is 0 Å². The minimum Gasteiger partial charge on any atom is -0.457 e. The summed E-state index contributed by atoms with van der Waals surface area (Å²) in [5.41, 5.74) is 4.03. The number of hydrogen-bond donors (Lipinski definition) is 1. The molecule has 0 radical (unpaired) electrons. The fraction of sp³-hybridized carbons (Fsp3) is 0.125. The van der Waals surface area contributed by atoms with E-state index in [0.717, 1.165) is 46.5 Å². The first-order chi connectivity index (χ1) is 13.2. The highest BCUT2D eigenvalue weighted by Gasteiger charge is 2.08. The molecule has 0 aliphatic heterocycles. The molecular formula is C24H21NO2. The maximum absolute atomic E-state index is 12.5. The molecule has 1 aromatic heterocycles. The number of rotatable bonds is 5. The van der Waals surface area contributed by atoms with Crippen LogP contribution in [0.25, 0.3) is 10.9 Å². The molecule has 0 aliphatic carbocycles. The van der Waals surface area contributed by atoms with E-state index in [9.17, 15) is 4.79 Å². The molecule has 27 heavy (non-hydrogen) atoms. The van der Waals surface area contributed by atoms with Gasteiger partial charge in [-0.05, 0) is 61.7 Å². The first-order valence-electron chi connectivity index (χ1n) is 9.13. The molecule has 3 heteroatoms. The molecule has 1 heterocycles. The second-order valence-corrected chi connectivity index (χ2v) is 6.66. The lowest BCUT2D eigenvalue weighted by atomic mass is 10.0. The van der Waals surface area contributed by atoms with E-state index in [-0.39, 0.29) is 5.43 Å². The van der Waals surface area contributed by atoms with E-state index >= 15 is 0 Å². The van der Waals surface area contributed by atoms with E-state index in [4.69, 9.17) is 4.74 Å². The van der Waals surface area contributed by atoms with Crippen LogP contribution in [0.15, 0.2) is 83.7 Å². The highest BCUT2D eigenvalue weighted by molar-refractivity contribution is 5.79. The van der Waals surface area contributed by atoms with E-state index in [1.54, 1.807) is 0 Å². The molecule has 1 N–H and O–H groups in total. The summed E-state index contributed by atoms with van der Waals surface area (Å²) in [5.74, 6) is 1.65. The molecule has 0 spiro atoms. The summed E-state index contributed by atoms with van der Waals surface area (Å²) in [7, 11) is 0. The van der Waals surface area contributed by atoms with Crippen LogP contribution in [0.5, 0.6) is 11.5 Å². The van der Waals surface area contributed by atoms with Crippen LogP contribution < -0.4 is 10.2 Å². The van der Waals surface area contributed by atoms with Crippen LogP contribution in [-0.4, -0.2) is 4.98 Å². The highest BCUT2D eigenvalue weighted by Crippen LogP contribution is 2.22. The molecule has 0 atom stereocenters. The third-order valence-electron chi connectivity index (χ3n) is 4.82. The zero-order valence-electron chi connectivity index (χ0n) is 15.2. The summed E-state index contributed by atoms with van der Waals surface area (Å²) in [5, 5.41) is 0.751. The summed E-state index contributed by atoms with van der Waals surface area (Å²) >= 11 is 0. The Balaban J connectivity index is 1.48. The topological polar surface area (TPSA) is 42.1 Å². The van der Waals surface area contributed by atoms with Gasteiger partial charge in [-0.2, -0.15) is 0 Å². The lowest BCUT2D eigenvalue weighted by Crippen LogP contribution is -2.12. The van der Waals surface area contributed by atoms with E-state index in [2.05, 4.69) is 17.1 Å². The number of ether oxygens (including phenoxy) is 1. The smallest absolute Gasteiger partial charge is 0.192 e. The number of H-pyrrole nitrogens is 1. The van der Waals surface area contributed by atoms with Gasteiger partial charge in [-0.15, -0.1) is 0 Å². The zero-order chi connectivity index (χ0) is 18.6. The molecule has 0 unspecified atom stereocenters. The predicted octanol–water partition coefficient (Wildman–Crippen LogP) is 5.41. The van der Waals surface area contributed by atoms with Crippen molar-refractivity contribution >= 4 is 10.9 Å². The third-order valence-corrected chi connectivity index (χ3v) is 4.82. The van der Waals surface area contributed by atoms with Crippen LogP contribution in [-0.2, 0) is 12.8 Å². The predicted molar refractivity (Wildman–Crippen MR) is 110 cm³/mol. The van der Waals surface area contributed by atoms with E-state index < -0.39 is 0 Å². The Labute approximate surface area is 158 Å². The number of fused-ring (bicyclic) bond motifs is 1. The summed E-state index contributed by atoms with van der Waals surface area (Å²) < 4.78 is 5.83. The van der Waals surface area contributed by atoms with Gasteiger partial charge in [-0.1, -0.05) is 42.5 Å². The highest BCUT2D eigenvalue weighted by atomic mass is 16.5. The van der Waals surface area contributed by atoms with Gasteiger partial charge in [0.15, 0.2) is 5.43 Å². The molecule has 3 nitrogen and oxygen atoms in total. The fourth-order valence-electron chi connectivity index (χ4n) is 3.25. The van der Waals surface area contributed by atoms with Gasteiger partial charge < -0.3 is 9.72 Å². The van der Waals surface area contributed by atoms with Crippen molar-refractivity contribution in [2.45, 2.75) is 19.8 Å². The monoisotopic (exact) mass is 355 g/mol. The van der Waals surface area contributed by atoms with Crippen molar-refractivity contribution in [3.05, 3.63) is 106 Å². The van der Waals surface area contributed by atoms with Crippen molar-refractivity contribution in [1.82, 2.24) is 4.98 Å². The molecule has 0 saturated carbocycles.